The third kappa shape index (κ3) is 3.45. The van der Waals surface area contributed by atoms with Crippen LogP contribution in [-0.2, 0) is 0 Å². The molecule has 3 nitrogen and oxygen atoms in total. The van der Waals surface area contributed by atoms with Crippen LogP contribution in [0, 0.1) is 17.8 Å². The van der Waals surface area contributed by atoms with E-state index < -0.39 is 0 Å². The highest BCUT2D eigenvalue weighted by Crippen LogP contribution is 2.34. The Morgan fingerprint density at radius 3 is 2.40 bits per heavy atom. The van der Waals surface area contributed by atoms with Crippen molar-refractivity contribution in [2.45, 2.75) is 32.7 Å². The predicted octanol–water partition coefficient (Wildman–Crippen LogP) is 3.14. The summed E-state index contributed by atoms with van der Waals surface area (Å²) in [6.45, 7) is 5.70. The lowest BCUT2D eigenvalue weighted by atomic mass is 9.72. The van der Waals surface area contributed by atoms with Gasteiger partial charge in [-0.15, -0.1) is 0 Å². The maximum absolute atomic E-state index is 6.39. The van der Waals surface area contributed by atoms with E-state index in [-0.39, 0.29) is 0 Å². The average Bonchev–Trinajstić information content (AvgIpc) is 2.42. The quantitative estimate of drug-likeness (QED) is 0.918. The van der Waals surface area contributed by atoms with E-state index in [0.29, 0.717) is 17.9 Å². The molecule has 1 aromatic carbocycles. The lowest BCUT2D eigenvalue weighted by Gasteiger charge is -2.40. The maximum atomic E-state index is 6.39. The molecule has 0 spiro atoms. The standard InChI is InChI=1S/C17H28N2O/c1-12-9-13(2)16(17(18)10-12)11-19(3)14-5-7-15(20-4)8-6-14/h5-8,12-13,16-17H,9-11,18H2,1-4H3. The van der Waals surface area contributed by atoms with Crippen molar-refractivity contribution in [2.24, 2.45) is 23.5 Å². The Bertz CT molecular complexity index is 406. The summed E-state index contributed by atoms with van der Waals surface area (Å²) in [7, 11) is 3.85. The van der Waals surface area contributed by atoms with E-state index in [0.717, 1.165) is 24.6 Å². The van der Waals surface area contributed by atoms with Crippen molar-refractivity contribution in [1.82, 2.24) is 0 Å². The normalized spacial score (nSPS) is 30.1. The Morgan fingerprint density at radius 2 is 1.85 bits per heavy atom. The molecule has 20 heavy (non-hydrogen) atoms. The number of methoxy groups -OCH3 is 1. The molecule has 1 saturated carbocycles. The lowest BCUT2D eigenvalue weighted by Crippen LogP contribution is -2.46. The summed E-state index contributed by atoms with van der Waals surface area (Å²) in [5, 5.41) is 0. The third-order valence-corrected chi connectivity index (χ3v) is 4.73. The number of nitrogens with two attached hydrogens (primary N) is 1. The molecule has 1 fully saturated rings. The molecule has 2 N–H and O–H groups in total. The minimum atomic E-state index is 0.328. The lowest BCUT2D eigenvalue weighted by molar-refractivity contribution is 0.178. The van der Waals surface area contributed by atoms with Gasteiger partial charge < -0.3 is 15.4 Å². The van der Waals surface area contributed by atoms with Crippen molar-refractivity contribution in [2.75, 3.05) is 25.6 Å². The molecule has 0 saturated heterocycles. The van der Waals surface area contributed by atoms with Crippen LogP contribution >= 0.6 is 0 Å². The van der Waals surface area contributed by atoms with Crippen LogP contribution in [0.2, 0.25) is 0 Å². The van der Waals surface area contributed by atoms with Crippen LogP contribution in [0.15, 0.2) is 24.3 Å². The van der Waals surface area contributed by atoms with E-state index in [4.69, 9.17) is 10.5 Å². The molecule has 112 valence electrons. The zero-order valence-electron chi connectivity index (χ0n) is 13.2. The zero-order chi connectivity index (χ0) is 14.7. The van der Waals surface area contributed by atoms with Crippen molar-refractivity contribution in [3.8, 4) is 5.75 Å². The van der Waals surface area contributed by atoms with Gasteiger partial charge in [-0.05, 0) is 54.9 Å². The fraction of sp³-hybridized carbons (Fsp3) is 0.647. The van der Waals surface area contributed by atoms with E-state index in [1.54, 1.807) is 7.11 Å². The fourth-order valence-corrected chi connectivity index (χ4v) is 3.54. The third-order valence-electron chi connectivity index (χ3n) is 4.73. The Balaban J connectivity index is 2.00. The van der Waals surface area contributed by atoms with E-state index >= 15 is 0 Å². The number of hydrogen-bond donors (Lipinski definition) is 1. The summed E-state index contributed by atoms with van der Waals surface area (Å²) in [6.07, 6.45) is 2.46. The minimum Gasteiger partial charge on any atom is -0.497 e. The number of rotatable bonds is 4. The van der Waals surface area contributed by atoms with Gasteiger partial charge in [0.1, 0.15) is 5.75 Å². The van der Waals surface area contributed by atoms with Crippen LogP contribution in [0.4, 0.5) is 5.69 Å². The highest BCUT2D eigenvalue weighted by Gasteiger charge is 2.32. The molecule has 1 aromatic rings. The van der Waals surface area contributed by atoms with Crippen LogP contribution in [0.25, 0.3) is 0 Å². The highest BCUT2D eigenvalue weighted by molar-refractivity contribution is 5.48. The summed E-state index contributed by atoms with van der Waals surface area (Å²) in [4.78, 5) is 2.32. The average molecular weight is 276 g/mol. The van der Waals surface area contributed by atoms with Crippen molar-refractivity contribution < 1.29 is 4.74 Å². The fourth-order valence-electron chi connectivity index (χ4n) is 3.54. The Hall–Kier alpha value is -1.22. The van der Waals surface area contributed by atoms with Gasteiger partial charge in [0, 0.05) is 25.3 Å². The monoisotopic (exact) mass is 276 g/mol. The molecule has 1 aliphatic rings. The topological polar surface area (TPSA) is 38.5 Å². The highest BCUT2D eigenvalue weighted by atomic mass is 16.5. The van der Waals surface area contributed by atoms with Gasteiger partial charge in [-0.1, -0.05) is 13.8 Å². The van der Waals surface area contributed by atoms with Gasteiger partial charge in [0.25, 0.3) is 0 Å². The second kappa shape index (κ2) is 6.49. The van der Waals surface area contributed by atoms with Gasteiger partial charge in [0.2, 0.25) is 0 Å². The first kappa shape index (κ1) is 15.2. The van der Waals surface area contributed by atoms with Crippen molar-refractivity contribution in [1.29, 1.82) is 0 Å². The first-order valence-electron chi connectivity index (χ1n) is 7.62. The Morgan fingerprint density at radius 1 is 1.20 bits per heavy atom. The molecule has 4 atom stereocenters. The molecule has 2 rings (SSSR count). The molecule has 0 bridgehead atoms. The van der Waals surface area contributed by atoms with E-state index in [9.17, 15) is 0 Å². The van der Waals surface area contributed by atoms with E-state index in [1.165, 1.54) is 12.1 Å². The van der Waals surface area contributed by atoms with Gasteiger partial charge in [-0.25, -0.2) is 0 Å². The molecule has 1 aliphatic carbocycles. The van der Waals surface area contributed by atoms with Gasteiger partial charge >= 0.3 is 0 Å². The summed E-state index contributed by atoms with van der Waals surface area (Å²) < 4.78 is 5.21. The second-order valence-corrected chi connectivity index (χ2v) is 6.46. The summed E-state index contributed by atoms with van der Waals surface area (Å²) in [5.41, 5.74) is 7.61. The Kier molecular flexibility index (Phi) is 4.92. The van der Waals surface area contributed by atoms with Crippen molar-refractivity contribution >= 4 is 5.69 Å². The smallest absolute Gasteiger partial charge is 0.119 e. The first-order chi connectivity index (χ1) is 9.51. The molecule has 0 heterocycles. The molecular weight excluding hydrogens is 248 g/mol. The van der Waals surface area contributed by atoms with Gasteiger partial charge in [-0.2, -0.15) is 0 Å². The Labute approximate surface area is 123 Å². The van der Waals surface area contributed by atoms with Crippen molar-refractivity contribution in [3.05, 3.63) is 24.3 Å². The maximum Gasteiger partial charge on any atom is 0.119 e. The first-order valence-corrected chi connectivity index (χ1v) is 7.62. The number of benzene rings is 1. The molecule has 0 amide bonds. The molecule has 3 heteroatoms. The molecule has 0 aromatic heterocycles. The van der Waals surface area contributed by atoms with Crippen LogP contribution in [-0.4, -0.2) is 26.7 Å². The number of nitrogens with zero attached hydrogens (tertiary/aromatic N) is 1. The van der Waals surface area contributed by atoms with Crippen LogP contribution in [0.3, 0.4) is 0 Å². The van der Waals surface area contributed by atoms with Gasteiger partial charge in [0.05, 0.1) is 7.11 Å². The molecule has 4 unspecified atom stereocenters. The van der Waals surface area contributed by atoms with Gasteiger partial charge in [0.15, 0.2) is 0 Å². The molecule has 0 radical (unpaired) electrons. The predicted molar refractivity (Wildman–Crippen MR) is 85.3 cm³/mol. The van der Waals surface area contributed by atoms with Crippen LogP contribution < -0.4 is 15.4 Å². The van der Waals surface area contributed by atoms with Crippen LogP contribution in [0.5, 0.6) is 5.75 Å². The van der Waals surface area contributed by atoms with Crippen LogP contribution in [0.1, 0.15) is 26.7 Å². The summed E-state index contributed by atoms with van der Waals surface area (Å²) >= 11 is 0. The number of hydrogen-bond acceptors (Lipinski definition) is 3. The molecule has 0 aliphatic heterocycles. The van der Waals surface area contributed by atoms with Crippen molar-refractivity contribution in [3.63, 3.8) is 0 Å². The zero-order valence-corrected chi connectivity index (χ0v) is 13.2. The molecular formula is C17H28N2O. The summed E-state index contributed by atoms with van der Waals surface area (Å²) in [6, 6.07) is 8.58. The number of ether oxygens (including phenoxy) is 1. The summed E-state index contributed by atoms with van der Waals surface area (Å²) in [5.74, 6) is 2.95. The van der Waals surface area contributed by atoms with E-state index in [2.05, 4.69) is 37.9 Å². The van der Waals surface area contributed by atoms with Gasteiger partial charge in [-0.3, -0.25) is 0 Å². The second-order valence-electron chi connectivity index (χ2n) is 6.46. The SMILES string of the molecule is COc1ccc(N(C)CC2C(C)CC(C)CC2N)cc1. The largest absolute Gasteiger partial charge is 0.497 e. The van der Waals surface area contributed by atoms with E-state index in [1.807, 2.05) is 12.1 Å². The minimum absolute atomic E-state index is 0.328. The number of anilines is 1.